The highest BCUT2D eigenvalue weighted by molar-refractivity contribution is 7.12. The third kappa shape index (κ3) is 4.77. The van der Waals surface area contributed by atoms with E-state index >= 15 is 0 Å². The van der Waals surface area contributed by atoms with Gasteiger partial charge in [-0.3, -0.25) is 4.79 Å². The smallest absolute Gasteiger partial charge is 0.341 e. The predicted molar refractivity (Wildman–Crippen MR) is 149 cm³/mol. The van der Waals surface area contributed by atoms with Gasteiger partial charge in [-0.15, -0.1) is 11.3 Å². The number of aryl methyl sites for hydroxylation is 4. The fourth-order valence-corrected chi connectivity index (χ4v) is 5.61. The van der Waals surface area contributed by atoms with Crippen LogP contribution in [0.2, 0.25) is 0 Å². The number of H-pyrrole nitrogens is 1. The lowest BCUT2D eigenvalue weighted by Gasteiger charge is -2.14. The maximum atomic E-state index is 13.6. The van der Waals surface area contributed by atoms with E-state index in [2.05, 4.69) is 30.8 Å². The molecule has 3 heterocycles. The molecule has 3 aromatic heterocycles. The summed E-state index contributed by atoms with van der Waals surface area (Å²) in [5, 5.41) is 27.1. The number of anilines is 1. The SMILES string of the molecule is Cc1nc(C)c(C(N)=C(C(=O)O)C(=O)c2c(C)cc(-n3nnnc3NCc3cccc4[nH]ccc34)cc2C)s1. The Hall–Kier alpha value is -4.84. The summed E-state index contributed by atoms with van der Waals surface area (Å²) in [6.07, 6.45) is 1.89. The average Bonchev–Trinajstić information content (AvgIpc) is 3.61. The Morgan fingerprint density at radius 3 is 2.54 bits per heavy atom. The van der Waals surface area contributed by atoms with Crippen molar-refractivity contribution in [3.05, 3.63) is 86.0 Å². The molecular formula is C27H26N8O3S. The van der Waals surface area contributed by atoms with Gasteiger partial charge in [-0.05, 0) is 79.1 Å². The molecule has 39 heavy (non-hydrogen) atoms. The van der Waals surface area contributed by atoms with E-state index in [-0.39, 0.29) is 11.3 Å². The van der Waals surface area contributed by atoms with Crippen LogP contribution < -0.4 is 11.1 Å². The van der Waals surface area contributed by atoms with Crippen molar-refractivity contribution in [2.75, 3.05) is 5.32 Å². The van der Waals surface area contributed by atoms with Crippen LogP contribution in [0.1, 0.15) is 42.6 Å². The van der Waals surface area contributed by atoms with E-state index in [1.165, 1.54) is 16.0 Å². The van der Waals surface area contributed by atoms with Crippen LogP contribution in [-0.2, 0) is 11.3 Å². The first-order valence-corrected chi connectivity index (χ1v) is 12.9. The first-order valence-electron chi connectivity index (χ1n) is 12.1. The number of nitrogens with one attached hydrogen (secondary N) is 2. The number of Topliss-reactive ketones (excluding diaryl/α,β-unsaturated/α-hetero) is 1. The normalized spacial score (nSPS) is 12.0. The summed E-state index contributed by atoms with van der Waals surface area (Å²) >= 11 is 1.25. The molecule has 198 valence electrons. The monoisotopic (exact) mass is 542 g/mol. The molecule has 0 aliphatic carbocycles. The van der Waals surface area contributed by atoms with Gasteiger partial charge in [0.15, 0.2) is 0 Å². The van der Waals surface area contributed by atoms with Gasteiger partial charge in [0.05, 0.1) is 27.0 Å². The van der Waals surface area contributed by atoms with Crippen LogP contribution in [0, 0.1) is 27.7 Å². The van der Waals surface area contributed by atoms with Gasteiger partial charge in [-0.1, -0.05) is 17.2 Å². The van der Waals surface area contributed by atoms with Crippen LogP contribution in [-0.4, -0.2) is 47.0 Å². The Bertz CT molecular complexity index is 1760. The number of tetrazole rings is 1. The number of hydrogen-bond donors (Lipinski definition) is 4. The molecule has 11 nitrogen and oxygen atoms in total. The lowest BCUT2D eigenvalue weighted by molar-refractivity contribution is -0.132. The van der Waals surface area contributed by atoms with Crippen LogP contribution in [0.3, 0.4) is 0 Å². The van der Waals surface area contributed by atoms with Crippen molar-refractivity contribution in [3.63, 3.8) is 0 Å². The number of thiazole rings is 1. The Balaban J connectivity index is 1.47. The summed E-state index contributed by atoms with van der Waals surface area (Å²) in [6.45, 7) is 7.51. The van der Waals surface area contributed by atoms with Crippen molar-refractivity contribution in [1.82, 2.24) is 30.2 Å². The van der Waals surface area contributed by atoms with Crippen LogP contribution in [0.25, 0.3) is 22.3 Å². The van der Waals surface area contributed by atoms with Crippen molar-refractivity contribution in [1.29, 1.82) is 0 Å². The van der Waals surface area contributed by atoms with Crippen LogP contribution in [0.15, 0.2) is 48.2 Å². The van der Waals surface area contributed by atoms with Gasteiger partial charge in [-0.25, -0.2) is 9.78 Å². The van der Waals surface area contributed by atoms with Crippen LogP contribution in [0.4, 0.5) is 5.95 Å². The molecule has 12 heteroatoms. The minimum absolute atomic E-state index is 0.0946. The third-order valence-corrected chi connectivity index (χ3v) is 7.55. The Morgan fingerprint density at radius 2 is 1.87 bits per heavy atom. The number of rotatable bonds is 8. The molecule has 0 unspecified atom stereocenters. The number of carboxylic acid groups (broad SMARTS) is 1. The van der Waals surface area contributed by atoms with Crippen molar-refractivity contribution in [2.45, 2.75) is 34.2 Å². The highest BCUT2D eigenvalue weighted by atomic mass is 32.1. The summed E-state index contributed by atoms with van der Waals surface area (Å²) in [4.78, 5) is 33.8. The zero-order chi connectivity index (χ0) is 27.8. The topological polar surface area (TPSA) is 165 Å². The van der Waals surface area contributed by atoms with Crippen molar-refractivity contribution in [2.24, 2.45) is 5.73 Å². The molecule has 2 aromatic carbocycles. The molecule has 0 radical (unpaired) electrons. The number of nitrogens with two attached hydrogens (primary N) is 1. The molecule has 0 atom stereocenters. The standard InChI is InChI=1S/C27H26N8O3S/c1-13-10-18(35-27(32-33-34-35)30-12-17-6-5-7-20-19(17)8-9-29-20)11-14(2)21(13)24(36)22(26(37)38)23(28)25-15(3)31-16(4)39-25/h5-11,29H,12,28H2,1-4H3,(H,37,38)(H,30,32,34). The molecular weight excluding hydrogens is 516 g/mol. The molecule has 5 aromatic rings. The van der Waals surface area contributed by atoms with Crippen LogP contribution in [0.5, 0.6) is 0 Å². The number of fused-ring (bicyclic) bond motifs is 1. The number of aliphatic carboxylic acids is 1. The Morgan fingerprint density at radius 1 is 1.13 bits per heavy atom. The number of carbonyl (C=O) groups excluding carboxylic acids is 1. The maximum Gasteiger partial charge on any atom is 0.341 e. The maximum absolute atomic E-state index is 13.6. The average molecular weight is 543 g/mol. The van der Waals surface area contributed by atoms with E-state index in [0.717, 1.165) is 21.5 Å². The number of nitrogens with zero attached hydrogens (tertiary/aromatic N) is 5. The minimum atomic E-state index is -1.39. The largest absolute Gasteiger partial charge is 0.477 e. The van der Waals surface area contributed by atoms with E-state index in [9.17, 15) is 14.7 Å². The number of aromatic nitrogens is 6. The predicted octanol–water partition coefficient (Wildman–Crippen LogP) is 4.08. The third-order valence-electron chi connectivity index (χ3n) is 6.44. The van der Waals surface area contributed by atoms with Crippen molar-refractivity contribution < 1.29 is 14.7 Å². The molecule has 5 N–H and O–H groups in total. The number of hydrogen-bond acceptors (Lipinski definition) is 9. The zero-order valence-corrected chi connectivity index (χ0v) is 22.6. The Kier molecular flexibility index (Phi) is 6.71. The van der Waals surface area contributed by atoms with E-state index in [4.69, 9.17) is 5.73 Å². The number of benzene rings is 2. The lowest BCUT2D eigenvalue weighted by Crippen LogP contribution is -2.20. The number of carbonyl (C=O) groups is 2. The van der Waals surface area contributed by atoms with E-state index in [1.54, 1.807) is 39.8 Å². The summed E-state index contributed by atoms with van der Waals surface area (Å²) in [5.41, 5.74) is 10.4. The fraction of sp³-hybridized carbons (Fsp3) is 0.185. The first-order chi connectivity index (χ1) is 18.7. The van der Waals surface area contributed by atoms with Gasteiger partial charge in [0.2, 0.25) is 11.7 Å². The molecule has 0 spiro atoms. The van der Waals surface area contributed by atoms with Crippen molar-refractivity contribution >= 4 is 45.6 Å². The van der Waals surface area contributed by atoms with Gasteiger partial charge in [0.1, 0.15) is 5.57 Å². The first kappa shape index (κ1) is 25.8. The highest BCUT2D eigenvalue weighted by Crippen LogP contribution is 2.29. The lowest BCUT2D eigenvalue weighted by atomic mass is 9.92. The fourth-order valence-electron chi connectivity index (χ4n) is 4.73. The summed E-state index contributed by atoms with van der Waals surface area (Å²) in [7, 11) is 0. The van der Waals surface area contributed by atoms with Gasteiger partial charge in [0, 0.05) is 29.2 Å². The van der Waals surface area contributed by atoms with Gasteiger partial charge < -0.3 is 21.1 Å². The van der Waals surface area contributed by atoms with Gasteiger partial charge >= 0.3 is 5.97 Å². The van der Waals surface area contributed by atoms with E-state index < -0.39 is 17.3 Å². The van der Waals surface area contributed by atoms with E-state index in [1.807, 2.05) is 30.5 Å². The second-order valence-electron chi connectivity index (χ2n) is 9.15. The number of aromatic amines is 1. The van der Waals surface area contributed by atoms with Crippen LogP contribution >= 0.6 is 11.3 Å². The van der Waals surface area contributed by atoms with Crippen molar-refractivity contribution in [3.8, 4) is 5.69 Å². The van der Waals surface area contributed by atoms with Gasteiger partial charge in [0.25, 0.3) is 0 Å². The molecule has 0 aliphatic heterocycles. The van der Waals surface area contributed by atoms with Gasteiger partial charge in [-0.2, -0.15) is 4.68 Å². The molecule has 0 bridgehead atoms. The highest BCUT2D eigenvalue weighted by Gasteiger charge is 2.28. The number of ketones is 1. The summed E-state index contributed by atoms with van der Waals surface area (Å²) in [5.74, 6) is -1.64. The molecule has 0 saturated carbocycles. The zero-order valence-electron chi connectivity index (χ0n) is 21.7. The quantitative estimate of drug-likeness (QED) is 0.0978. The molecule has 0 saturated heterocycles. The molecule has 0 amide bonds. The number of carboxylic acids is 1. The second kappa shape index (κ2) is 10.1. The molecule has 5 rings (SSSR count). The minimum Gasteiger partial charge on any atom is -0.477 e. The van der Waals surface area contributed by atoms with E-state index in [0.29, 0.717) is 39.9 Å². The Labute approximate surface area is 227 Å². The molecule has 0 fully saturated rings. The summed E-state index contributed by atoms with van der Waals surface area (Å²) in [6, 6.07) is 11.5. The second-order valence-corrected chi connectivity index (χ2v) is 10.4. The molecule has 0 aliphatic rings. The summed E-state index contributed by atoms with van der Waals surface area (Å²) < 4.78 is 1.54.